The number of para-hydroxylation sites is 1. The fourth-order valence-corrected chi connectivity index (χ4v) is 3.09. The quantitative estimate of drug-likeness (QED) is 0.750. The number of carbonyl (C=O) groups excluding carboxylic acids is 1. The Bertz CT molecular complexity index is 824. The van der Waals surface area contributed by atoms with Crippen LogP contribution in [0, 0.1) is 0 Å². The standard InChI is InChI=1S/C16H18N6O/c1-21-8-9-22(10-13(21)15-17-6-7-18-15)16(23)14-11-4-2-3-5-12(11)19-20-14/h2-7,13H,8-10H2,1H3,(H,17,18)(H,19,20)/t13-/m0/s1. The molecule has 0 radical (unpaired) electrons. The molecule has 1 amide bonds. The lowest BCUT2D eigenvalue weighted by Crippen LogP contribution is -2.49. The summed E-state index contributed by atoms with van der Waals surface area (Å²) in [4.78, 5) is 24.4. The van der Waals surface area contributed by atoms with Crippen molar-refractivity contribution in [3.8, 4) is 0 Å². The van der Waals surface area contributed by atoms with Crippen LogP contribution in [-0.4, -0.2) is 62.6 Å². The SMILES string of the molecule is CN1CCN(C(=O)c2n[nH]c3ccccc23)C[C@H]1c1ncc[nH]1. The number of amides is 1. The fraction of sp³-hybridized carbons (Fsp3) is 0.312. The topological polar surface area (TPSA) is 80.9 Å². The average Bonchev–Trinajstić information content (AvgIpc) is 3.24. The molecule has 0 spiro atoms. The first-order valence-electron chi connectivity index (χ1n) is 7.66. The van der Waals surface area contributed by atoms with Crippen LogP contribution in [-0.2, 0) is 0 Å². The highest BCUT2D eigenvalue weighted by Crippen LogP contribution is 2.24. The predicted octanol–water partition coefficient (Wildman–Crippen LogP) is 1.41. The van der Waals surface area contributed by atoms with Crippen molar-refractivity contribution in [3.05, 3.63) is 48.2 Å². The third kappa shape index (κ3) is 2.39. The summed E-state index contributed by atoms with van der Waals surface area (Å²) >= 11 is 0. The summed E-state index contributed by atoms with van der Waals surface area (Å²) in [6, 6.07) is 7.77. The van der Waals surface area contributed by atoms with Crippen molar-refractivity contribution >= 4 is 16.8 Å². The molecule has 1 saturated heterocycles. The van der Waals surface area contributed by atoms with Gasteiger partial charge in [-0.3, -0.25) is 14.8 Å². The van der Waals surface area contributed by atoms with Gasteiger partial charge in [-0.1, -0.05) is 18.2 Å². The van der Waals surface area contributed by atoms with Gasteiger partial charge in [0, 0.05) is 37.4 Å². The Morgan fingerprint density at radius 3 is 3.00 bits per heavy atom. The molecule has 0 aliphatic carbocycles. The van der Waals surface area contributed by atoms with Crippen molar-refractivity contribution in [2.24, 2.45) is 0 Å². The molecule has 1 aliphatic heterocycles. The Morgan fingerprint density at radius 1 is 1.30 bits per heavy atom. The van der Waals surface area contributed by atoms with Crippen LogP contribution >= 0.6 is 0 Å². The maximum absolute atomic E-state index is 12.9. The average molecular weight is 310 g/mol. The molecular formula is C16H18N6O. The molecule has 0 saturated carbocycles. The first-order chi connectivity index (χ1) is 11.2. The van der Waals surface area contributed by atoms with Gasteiger partial charge in [-0.05, 0) is 13.1 Å². The van der Waals surface area contributed by atoms with Gasteiger partial charge in [0.15, 0.2) is 5.69 Å². The Labute approximate surface area is 133 Å². The van der Waals surface area contributed by atoms with Gasteiger partial charge in [0.25, 0.3) is 5.91 Å². The summed E-state index contributed by atoms with van der Waals surface area (Å²) in [5.74, 6) is 0.851. The number of rotatable bonds is 2. The molecule has 2 N–H and O–H groups in total. The number of hydrogen-bond donors (Lipinski definition) is 2. The minimum absolute atomic E-state index is 0.0351. The van der Waals surface area contributed by atoms with E-state index in [-0.39, 0.29) is 11.9 Å². The minimum atomic E-state index is -0.0351. The van der Waals surface area contributed by atoms with E-state index in [4.69, 9.17) is 0 Å². The third-order valence-corrected chi connectivity index (χ3v) is 4.44. The molecule has 7 heteroatoms. The van der Waals surface area contributed by atoms with E-state index in [1.165, 1.54) is 0 Å². The van der Waals surface area contributed by atoms with Crippen LogP contribution in [0.4, 0.5) is 0 Å². The summed E-state index contributed by atoms with van der Waals surface area (Å²) < 4.78 is 0. The van der Waals surface area contributed by atoms with Gasteiger partial charge in [-0.2, -0.15) is 5.10 Å². The van der Waals surface area contributed by atoms with Crippen molar-refractivity contribution < 1.29 is 4.79 Å². The van der Waals surface area contributed by atoms with Crippen LogP contribution in [0.25, 0.3) is 10.9 Å². The van der Waals surface area contributed by atoms with Gasteiger partial charge in [0.05, 0.1) is 11.6 Å². The maximum atomic E-state index is 12.9. The maximum Gasteiger partial charge on any atom is 0.275 e. The van der Waals surface area contributed by atoms with Gasteiger partial charge >= 0.3 is 0 Å². The second-order valence-corrected chi connectivity index (χ2v) is 5.84. The number of imidazole rings is 1. The summed E-state index contributed by atoms with van der Waals surface area (Å²) in [6.45, 7) is 2.09. The summed E-state index contributed by atoms with van der Waals surface area (Å²) in [6.07, 6.45) is 3.55. The first-order valence-corrected chi connectivity index (χ1v) is 7.66. The number of aromatic nitrogens is 4. The van der Waals surface area contributed by atoms with Crippen molar-refractivity contribution in [3.63, 3.8) is 0 Å². The van der Waals surface area contributed by atoms with Crippen molar-refractivity contribution in [2.75, 3.05) is 26.7 Å². The fourth-order valence-electron chi connectivity index (χ4n) is 3.09. The van der Waals surface area contributed by atoms with Gasteiger partial charge < -0.3 is 9.88 Å². The van der Waals surface area contributed by atoms with E-state index in [2.05, 4.69) is 32.1 Å². The number of aromatic amines is 2. The molecule has 118 valence electrons. The number of benzene rings is 1. The van der Waals surface area contributed by atoms with Gasteiger partial charge in [0.1, 0.15) is 5.82 Å². The zero-order chi connectivity index (χ0) is 15.8. The molecule has 1 aliphatic rings. The molecule has 4 rings (SSSR count). The lowest BCUT2D eigenvalue weighted by molar-refractivity contribution is 0.0531. The highest BCUT2D eigenvalue weighted by molar-refractivity contribution is 6.04. The number of nitrogens with one attached hydrogen (secondary N) is 2. The van der Waals surface area contributed by atoms with E-state index in [0.717, 1.165) is 23.3 Å². The molecule has 3 heterocycles. The molecule has 23 heavy (non-hydrogen) atoms. The van der Waals surface area contributed by atoms with Gasteiger partial charge in [-0.25, -0.2) is 4.98 Å². The number of fused-ring (bicyclic) bond motifs is 1. The Hall–Kier alpha value is -2.67. The van der Waals surface area contributed by atoms with E-state index >= 15 is 0 Å². The van der Waals surface area contributed by atoms with Gasteiger partial charge in [-0.15, -0.1) is 0 Å². The smallest absolute Gasteiger partial charge is 0.275 e. The van der Waals surface area contributed by atoms with Crippen LogP contribution in [0.15, 0.2) is 36.7 Å². The Morgan fingerprint density at radius 2 is 2.17 bits per heavy atom. The van der Waals surface area contributed by atoms with E-state index in [0.29, 0.717) is 18.8 Å². The number of hydrogen-bond acceptors (Lipinski definition) is 4. The minimum Gasteiger partial charge on any atom is -0.347 e. The van der Waals surface area contributed by atoms with E-state index in [9.17, 15) is 4.79 Å². The molecule has 1 fully saturated rings. The largest absolute Gasteiger partial charge is 0.347 e. The molecule has 0 unspecified atom stereocenters. The van der Waals surface area contributed by atoms with Crippen LogP contribution < -0.4 is 0 Å². The van der Waals surface area contributed by atoms with Crippen molar-refractivity contribution in [2.45, 2.75) is 6.04 Å². The van der Waals surface area contributed by atoms with Crippen LogP contribution in [0.3, 0.4) is 0 Å². The van der Waals surface area contributed by atoms with E-state index < -0.39 is 0 Å². The van der Waals surface area contributed by atoms with Crippen molar-refractivity contribution in [1.29, 1.82) is 0 Å². The molecule has 2 aromatic heterocycles. The van der Waals surface area contributed by atoms with E-state index in [1.54, 1.807) is 6.20 Å². The lowest BCUT2D eigenvalue weighted by atomic mass is 10.1. The van der Waals surface area contributed by atoms with E-state index in [1.807, 2.05) is 35.4 Å². The normalized spacial score (nSPS) is 19.3. The third-order valence-electron chi connectivity index (χ3n) is 4.44. The number of carbonyl (C=O) groups is 1. The second-order valence-electron chi connectivity index (χ2n) is 5.84. The zero-order valence-corrected chi connectivity index (χ0v) is 12.9. The summed E-state index contributed by atoms with van der Waals surface area (Å²) in [7, 11) is 2.05. The highest BCUT2D eigenvalue weighted by Gasteiger charge is 2.31. The lowest BCUT2D eigenvalue weighted by Gasteiger charge is -2.38. The zero-order valence-electron chi connectivity index (χ0n) is 12.9. The molecule has 1 aromatic carbocycles. The van der Waals surface area contributed by atoms with Crippen molar-refractivity contribution in [1.82, 2.24) is 30.0 Å². The monoisotopic (exact) mass is 310 g/mol. The molecule has 3 aromatic rings. The molecule has 0 bridgehead atoms. The highest BCUT2D eigenvalue weighted by atomic mass is 16.2. The number of nitrogens with zero attached hydrogens (tertiary/aromatic N) is 4. The molecule has 7 nitrogen and oxygen atoms in total. The summed E-state index contributed by atoms with van der Waals surface area (Å²) in [5, 5.41) is 8.02. The molecular weight excluding hydrogens is 292 g/mol. The van der Waals surface area contributed by atoms with Crippen LogP contribution in [0.1, 0.15) is 22.4 Å². The van der Waals surface area contributed by atoms with Gasteiger partial charge in [0.2, 0.25) is 0 Å². The molecule has 1 atom stereocenters. The number of H-pyrrole nitrogens is 2. The summed E-state index contributed by atoms with van der Waals surface area (Å²) in [5.41, 5.74) is 1.37. The first kappa shape index (κ1) is 14.0. The van der Waals surface area contributed by atoms with Crippen LogP contribution in [0.5, 0.6) is 0 Å². The Kier molecular flexibility index (Phi) is 3.34. The number of likely N-dealkylation sites (N-methyl/N-ethyl adjacent to an activating group) is 1. The van der Waals surface area contributed by atoms with Crippen LogP contribution in [0.2, 0.25) is 0 Å². The second kappa shape index (κ2) is 5.51. The Balaban J connectivity index is 1.61. The number of piperazine rings is 1. The predicted molar refractivity (Wildman–Crippen MR) is 86.0 cm³/mol.